The van der Waals surface area contributed by atoms with Gasteiger partial charge in [-0.2, -0.15) is 0 Å². The highest BCUT2D eigenvalue weighted by molar-refractivity contribution is 5.82. The van der Waals surface area contributed by atoms with Crippen LogP contribution in [-0.2, 0) is 4.79 Å². The maximum Gasteiger partial charge on any atom is 0.241 e. The van der Waals surface area contributed by atoms with Gasteiger partial charge in [0, 0.05) is 38.4 Å². The van der Waals surface area contributed by atoms with Crippen LogP contribution in [-0.4, -0.2) is 54.1 Å². The van der Waals surface area contributed by atoms with E-state index < -0.39 is 0 Å². The summed E-state index contributed by atoms with van der Waals surface area (Å²) in [7, 11) is 0. The Bertz CT molecular complexity index is 487. The number of rotatable bonds is 4. The summed E-state index contributed by atoms with van der Waals surface area (Å²) >= 11 is 0. The normalized spacial score (nSPS) is 25.5. The Hall–Kier alpha value is -1.66. The molecule has 0 bridgehead atoms. The Kier molecular flexibility index (Phi) is 4.90. The van der Waals surface area contributed by atoms with E-state index in [0.717, 1.165) is 51.3 Å². The molecule has 3 heterocycles. The molecule has 0 radical (unpaired) electrons. The Labute approximate surface area is 131 Å². The van der Waals surface area contributed by atoms with Crippen LogP contribution >= 0.6 is 0 Å². The number of carbonyl (C=O) groups excluding carboxylic acids is 1. The van der Waals surface area contributed by atoms with Crippen molar-refractivity contribution >= 4 is 11.7 Å². The minimum atomic E-state index is -0.0713. The Morgan fingerprint density at radius 3 is 2.77 bits per heavy atom. The minimum Gasteiger partial charge on any atom is -0.353 e. The summed E-state index contributed by atoms with van der Waals surface area (Å²) in [5.41, 5.74) is 6.41. The van der Waals surface area contributed by atoms with Crippen molar-refractivity contribution in [3.05, 3.63) is 24.4 Å². The fraction of sp³-hybridized carbons (Fsp3) is 0.625. The first-order chi connectivity index (χ1) is 10.8. The Morgan fingerprint density at radius 1 is 1.27 bits per heavy atom. The highest BCUT2D eigenvalue weighted by atomic mass is 16.2. The number of anilines is 1. The Balaban J connectivity index is 1.50. The van der Waals surface area contributed by atoms with Gasteiger partial charge >= 0.3 is 0 Å². The van der Waals surface area contributed by atoms with E-state index in [9.17, 15) is 4.79 Å². The molecule has 22 heavy (non-hydrogen) atoms. The van der Waals surface area contributed by atoms with Crippen molar-refractivity contribution in [1.82, 2.24) is 20.7 Å². The fourth-order valence-electron chi connectivity index (χ4n) is 3.24. The van der Waals surface area contributed by atoms with Gasteiger partial charge in [0.25, 0.3) is 0 Å². The summed E-state index contributed by atoms with van der Waals surface area (Å²) in [6, 6.07) is 6.30. The van der Waals surface area contributed by atoms with Gasteiger partial charge in [-0.3, -0.25) is 10.2 Å². The number of amides is 1. The third kappa shape index (κ3) is 3.39. The van der Waals surface area contributed by atoms with Crippen LogP contribution in [0.15, 0.2) is 24.4 Å². The van der Waals surface area contributed by atoms with Crippen LogP contribution in [0.1, 0.15) is 26.2 Å². The molecule has 6 nitrogen and oxygen atoms in total. The van der Waals surface area contributed by atoms with Gasteiger partial charge in [-0.25, -0.2) is 10.4 Å². The summed E-state index contributed by atoms with van der Waals surface area (Å²) in [5, 5.41) is 0. The number of hydrazine groups is 1. The summed E-state index contributed by atoms with van der Waals surface area (Å²) in [5.74, 6) is 1.23. The van der Waals surface area contributed by atoms with Crippen LogP contribution in [0.25, 0.3) is 0 Å². The monoisotopic (exact) mass is 303 g/mol. The van der Waals surface area contributed by atoms with Gasteiger partial charge in [0.1, 0.15) is 11.9 Å². The van der Waals surface area contributed by atoms with Crippen LogP contribution in [0.4, 0.5) is 5.82 Å². The molecule has 0 aromatic carbocycles. The lowest BCUT2D eigenvalue weighted by Gasteiger charge is -2.36. The third-order valence-corrected chi connectivity index (χ3v) is 4.48. The van der Waals surface area contributed by atoms with E-state index in [4.69, 9.17) is 0 Å². The van der Waals surface area contributed by atoms with E-state index in [1.54, 1.807) is 0 Å². The lowest BCUT2D eigenvalue weighted by molar-refractivity contribution is -0.133. The lowest BCUT2D eigenvalue weighted by Crippen LogP contribution is -2.53. The van der Waals surface area contributed by atoms with Crippen molar-refractivity contribution in [1.29, 1.82) is 0 Å². The number of hydrogen-bond acceptors (Lipinski definition) is 5. The number of carbonyl (C=O) groups is 1. The molecular weight excluding hydrogens is 278 g/mol. The highest BCUT2D eigenvalue weighted by Crippen LogP contribution is 2.16. The average Bonchev–Trinajstić information content (AvgIpc) is 3.04. The molecule has 3 rings (SSSR count). The molecular formula is C16H25N5O. The van der Waals surface area contributed by atoms with Gasteiger partial charge in [0.05, 0.1) is 0 Å². The zero-order valence-corrected chi connectivity index (χ0v) is 13.2. The van der Waals surface area contributed by atoms with E-state index >= 15 is 0 Å². The number of piperazine rings is 1. The molecule has 2 N–H and O–H groups in total. The second-order valence-corrected chi connectivity index (χ2v) is 6.06. The molecule has 0 aliphatic carbocycles. The van der Waals surface area contributed by atoms with Gasteiger partial charge in [-0.1, -0.05) is 19.4 Å². The molecule has 2 aliphatic rings. The molecule has 2 fully saturated rings. The van der Waals surface area contributed by atoms with Gasteiger partial charge < -0.3 is 9.80 Å². The second-order valence-electron chi connectivity index (χ2n) is 6.06. The summed E-state index contributed by atoms with van der Waals surface area (Å²) in [6.07, 6.45) is 4.97. The molecule has 1 aromatic heterocycles. The smallest absolute Gasteiger partial charge is 0.241 e. The molecule has 1 aromatic rings. The van der Waals surface area contributed by atoms with Crippen LogP contribution in [0, 0.1) is 0 Å². The summed E-state index contributed by atoms with van der Waals surface area (Å²) in [4.78, 5) is 21.2. The quantitative estimate of drug-likeness (QED) is 0.860. The first kappa shape index (κ1) is 15.2. The van der Waals surface area contributed by atoms with Crippen LogP contribution in [0.3, 0.4) is 0 Å². The van der Waals surface area contributed by atoms with Crippen LogP contribution < -0.4 is 15.8 Å². The van der Waals surface area contributed by atoms with E-state index in [1.807, 2.05) is 29.3 Å². The van der Waals surface area contributed by atoms with E-state index in [-0.39, 0.29) is 11.9 Å². The largest absolute Gasteiger partial charge is 0.353 e. The van der Waals surface area contributed by atoms with Crippen molar-refractivity contribution in [2.75, 3.05) is 31.1 Å². The first-order valence-electron chi connectivity index (χ1n) is 8.23. The van der Waals surface area contributed by atoms with E-state index in [1.165, 1.54) is 0 Å². The fourth-order valence-corrected chi connectivity index (χ4v) is 3.24. The molecule has 0 saturated carbocycles. The lowest BCUT2D eigenvalue weighted by atomic mass is 10.1. The van der Waals surface area contributed by atoms with Crippen molar-refractivity contribution < 1.29 is 4.79 Å². The van der Waals surface area contributed by atoms with Gasteiger partial charge in [0.15, 0.2) is 0 Å². The maximum absolute atomic E-state index is 12.6. The molecule has 0 spiro atoms. The maximum atomic E-state index is 12.6. The van der Waals surface area contributed by atoms with Crippen molar-refractivity contribution in [2.45, 2.75) is 38.3 Å². The van der Waals surface area contributed by atoms with Crippen molar-refractivity contribution in [3.8, 4) is 0 Å². The van der Waals surface area contributed by atoms with Crippen LogP contribution in [0.5, 0.6) is 0 Å². The highest BCUT2D eigenvalue weighted by Gasteiger charge is 2.33. The molecule has 2 aliphatic heterocycles. The number of hydrogen-bond donors (Lipinski definition) is 2. The zero-order valence-electron chi connectivity index (χ0n) is 13.2. The standard InChI is InChI=1S/C16H25N5O/c1-2-5-13-12-14(19-18-13)16(22)21-10-8-20(9-11-21)15-6-3-4-7-17-15/h3-4,6-7,13-14,18-19H,2,5,8-12H2,1H3. The number of nitrogens with zero attached hydrogens (tertiary/aromatic N) is 3. The van der Waals surface area contributed by atoms with Crippen LogP contribution in [0.2, 0.25) is 0 Å². The summed E-state index contributed by atoms with van der Waals surface area (Å²) < 4.78 is 0. The van der Waals surface area contributed by atoms with E-state index in [0.29, 0.717) is 6.04 Å². The number of pyridine rings is 1. The number of nitrogens with one attached hydrogen (secondary N) is 2. The molecule has 2 unspecified atom stereocenters. The second kappa shape index (κ2) is 7.07. The predicted molar refractivity (Wildman–Crippen MR) is 86.4 cm³/mol. The molecule has 120 valence electrons. The molecule has 1 amide bonds. The van der Waals surface area contributed by atoms with E-state index in [2.05, 4.69) is 27.7 Å². The first-order valence-corrected chi connectivity index (χ1v) is 8.23. The number of aromatic nitrogens is 1. The minimum absolute atomic E-state index is 0.0713. The zero-order chi connectivity index (χ0) is 15.4. The average molecular weight is 303 g/mol. The topological polar surface area (TPSA) is 60.5 Å². The molecule has 6 heteroatoms. The third-order valence-electron chi connectivity index (χ3n) is 4.48. The summed E-state index contributed by atoms with van der Waals surface area (Å²) in [6.45, 7) is 5.41. The van der Waals surface area contributed by atoms with Crippen molar-refractivity contribution in [3.63, 3.8) is 0 Å². The Morgan fingerprint density at radius 2 is 2.09 bits per heavy atom. The van der Waals surface area contributed by atoms with Gasteiger partial charge in [0.2, 0.25) is 5.91 Å². The predicted octanol–water partition coefficient (Wildman–Crippen LogP) is 0.765. The SMILES string of the molecule is CCCC1CC(C(=O)N2CCN(c3ccccn3)CC2)NN1. The van der Waals surface area contributed by atoms with Gasteiger partial charge in [-0.05, 0) is 25.0 Å². The van der Waals surface area contributed by atoms with Crippen molar-refractivity contribution in [2.24, 2.45) is 0 Å². The molecule has 2 atom stereocenters. The molecule has 2 saturated heterocycles. The van der Waals surface area contributed by atoms with Gasteiger partial charge in [-0.15, -0.1) is 0 Å².